The van der Waals surface area contributed by atoms with Crippen molar-refractivity contribution in [1.82, 2.24) is 0 Å². The van der Waals surface area contributed by atoms with Crippen molar-refractivity contribution in [3.63, 3.8) is 0 Å². The molecule has 1 aromatic carbocycles. The fourth-order valence-corrected chi connectivity index (χ4v) is 1.43. The summed E-state index contributed by atoms with van der Waals surface area (Å²) >= 11 is 0. The number of hydrogen-bond donors (Lipinski definition) is 1. The fourth-order valence-electron chi connectivity index (χ4n) is 1.43. The summed E-state index contributed by atoms with van der Waals surface area (Å²) in [5.74, 6) is -0.773. The number of methoxy groups -OCH3 is 1. The maximum absolute atomic E-state index is 11.7. The Labute approximate surface area is 93.9 Å². The zero-order valence-corrected chi connectivity index (χ0v) is 9.32. The molecule has 16 heavy (non-hydrogen) atoms. The Balaban J connectivity index is 3.20. The smallest absolute Gasteiger partial charge is 0.336 e. The Bertz CT molecular complexity index is 409. The van der Waals surface area contributed by atoms with Crippen molar-refractivity contribution in [2.45, 2.75) is 19.8 Å². The summed E-state index contributed by atoms with van der Waals surface area (Å²) in [6.45, 7) is 1.87. The van der Waals surface area contributed by atoms with E-state index in [1.807, 2.05) is 6.92 Å². The van der Waals surface area contributed by atoms with Gasteiger partial charge < -0.3 is 9.84 Å². The number of benzene rings is 1. The van der Waals surface area contributed by atoms with E-state index in [0.29, 0.717) is 18.6 Å². The van der Waals surface area contributed by atoms with Crippen molar-refractivity contribution in [2.75, 3.05) is 7.11 Å². The van der Waals surface area contributed by atoms with Crippen LogP contribution in [0.5, 0.6) is 5.75 Å². The molecule has 0 amide bonds. The van der Waals surface area contributed by atoms with Crippen molar-refractivity contribution in [1.29, 1.82) is 0 Å². The van der Waals surface area contributed by atoms with Crippen LogP contribution >= 0.6 is 0 Å². The van der Waals surface area contributed by atoms with Crippen LogP contribution in [0.15, 0.2) is 18.2 Å². The normalized spacial score (nSPS) is 9.88. The summed E-state index contributed by atoms with van der Waals surface area (Å²) in [5.41, 5.74) is 0.243. The van der Waals surface area contributed by atoms with Crippen LogP contribution < -0.4 is 4.74 Å². The van der Waals surface area contributed by atoms with Crippen molar-refractivity contribution < 1.29 is 19.4 Å². The van der Waals surface area contributed by atoms with E-state index in [0.717, 1.165) is 0 Å². The minimum Gasteiger partial charge on any atom is -0.497 e. The molecule has 0 bridgehead atoms. The summed E-state index contributed by atoms with van der Waals surface area (Å²) in [6, 6.07) is 4.40. The van der Waals surface area contributed by atoms with Crippen LogP contribution in [0.4, 0.5) is 0 Å². The highest BCUT2D eigenvalue weighted by molar-refractivity contribution is 6.06. The second kappa shape index (κ2) is 5.30. The van der Waals surface area contributed by atoms with E-state index in [1.54, 1.807) is 0 Å². The predicted molar refractivity (Wildman–Crippen MR) is 59.2 cm³/mol. The van der Waals surface area contributed by atoms with Crippen LogP contribution in [0.2, 0.25) is 0 Å². The van der Waals surface area contributed by atoms with Gasteiger partial charge in [-0.05, 0) is 24.6 Å². The molecule has 4 heteroatoms. The molecule has 0 aliphatic rings. The van der Waals surface area contributed by atoms with E-state index >= 15 is 0 Å². The number of carbonyl (C=O) groups is 2. The number of ether oxygens (including phenoxy) is 1. The standard InChI is InChI=1S/C12H14O4/c1-3-4-11(13)10-7-8(16-2)5-6-9(10)12(14)15/h5-7H,3-4H2,1-2H3,(H,14,15). The molecule has 0 aliphatic heterocycles. The lowest BCUT2D eigenvalue weighted by Crippen LogP contribution is -2.08. The van der Waals surface area contributed by atoms with Gasteiger partial charge in [-0.25, -0.2) is 4.79 Å². The van der Waals surface area contributed by atoms with Gasteiger partial charge in [0.05, 0.1) is 12.7 Å². The third-order valence-electron chi connectivity index (χ3n) is 2.23. The summed E-state index contributed by atoms with van der Waals surface area (Å²) in [4.78, 5) is 22.7. The van der Waals surface area contributed by atoms with Gasteiger partial charge in [-0.15, -0.1) is 0 Å². The second-order valence-corrected chi connectivity index (χ2v) is 3.39. The van der Waals surface area contributed by atoms with Crippen LogP contribution in [0.25, 0.3) is 0 Å². The lowest BCUT2D eigenvalue weighted by atomic mass is 10.0. The van der Waals surface area contributed by atoms with Gasteiger partial charge in [0.15, 0.2) is 5.78 Å². The van der Waals surface area contributed by atoms with Gasteiger partial charge in [0.25, 0.3) is 0 Å². The third kappa shape index (κ3) is 2.59. The monoisotopic (exact) mass is 222 g/mol. The van der Waals surface area contributed by atoms with E-state index in [1.165, 1.54) is 25.3 Å². The molecule has 0 heterocycles. The van der Waals surface area contributed by atoms with Crippen LogP contribution in [0, 0.1) is 0 Å². The number of Topliss-reactive ketones (excluding diaryl/α,β-unsaturated/α-hetero) is 1. The zero-order chi connectivity index (χ0) is 12.1. The van der Waals surface area contributed by atoms with E-state index in [2.05, 4.69) is 0 Å². The first kappa shape index (κ1) is 12.2. The first-order chi connectivity index (χ1) is 7.60. The number of hydrogen-bond acceptors (Lipinski definition) is 3. The number of ketones is 1. The topological polar surface area (TPSA) is 63.6 Å². The van der Waals surface area contributed by atoms with Gasteiger partial charge in [-0.3, -0.25) is 4.79 Å². The molecule has 1 rings (SSSR count). The number of aromatic carboxylic acids is 1. The first-order valence-electron chi connectivity index (χ1n) is 5.04. The largest absolute Gasteiger partial charge is 0.497 e. The molecule has 0 unspecified atom stereocenters. The molecular weight excluding hydrogens is 208 g/mol. The Morgan fingerprint density at radius 3 is 2.50 bits per heavy atom. The van der Waals surface area contributed by atoms with Crippen molar-refractivity contribution in [3.8, 4) is 5.75 Å². The molecule has 0 saturated heterocycles. The SMILES string of the molecule is CCCC(=O)c1cc(OC)ccc1C(=O)O. The summed E-state index contributed by atoms with van der Waals surface area (Å²) in [6.07, 6.45) is 1.03. The van der Waals surface area contributed by atoms with E-state index in [-0.39, 0.29) is 16.9 Å². The Morgan fingerprint density at radius 1 is 1.31 bits per heavy atom. The lowest BCUT2D eigenvalue weighted by molar-refractivity contribution is 0.0691. The van der Waals surface area contributed by atoms with Crippen LogP contribution in [0.3, 0.4) is 0 Å². The summed E-state index contributed by atoms with van der Waals surface area (Å²) in [7, 11) is 1.48. The van der Waals surface area contributed by atoms with Gasteiger partial charge in [-0.2, -0.15) is 0 Å². The van der Waals surface area contributed by atoms with Gasteiger partial charge in [0, 0.05) is 12.0 Å². The molecule has 1 aromatic rings. The molecule has 0 spiro atoms. The molecule has 4 nitrogen and oxygen atoms in total. The number of carbonyl (C=O) groups excluding carboxylic acids is 1. The average molecular weight is 222 g/mol. The predicted octanol–water partition coefficient (Wildman–Crippen LogP) is 2.38. The van der Waals surface area contributed by atoms with E-state index in [4.69, 9.17) is 9.84 Å². The fraction of sp³-hybridized carbons (Fsp3) is 0.333. The minimum absolute atomic E-state index is 0.0271. The second-order valence-electron chi connectivity index (χ2n) is 3.39. The first-order valence-corrected chi connectivity index (χ1v) is 5.04. The Hall–Kier alpha value is -1.84. The van der Waals surface area contributed by atoms with Crippen molar-refractivity contribution in [3.05, 3.63) is 29.3 Å². The molecule has 0 aliphatic carbocycles. The quantitative estimate of drug-likeness (QED) is 0.777. The summed E-state index contributed by atoms with van der Waals surface area (Å²) in [5, 5.41) is 8.95. The average Bonchev–Trinajstić information content (AvgIpc) is 2.28. The molecule has 86 valence electrons. The van der Waals surface area contributed by atoms with Gasteiger partial charge >= 0.3 is 5.97 Å². The number of rotatable bonds is 5. The Morgan fingerprint density at radius 2 is 2.00 bits per heavy atom. The van der Waals surface area contributed by atoms with Gasteiger partial charge in [0.2, 0.25) is 0 Å². The maximum Gasteiger partial charge on any atom is 0.336 e. The van der Waals surface area contributed by atoms with Crippen molar-refractivity contribution in [2.24, 2.45) is 0 Å². The molecule has 1 N–H and O–H groups in total. The van der Waals surface area contributed by atoms with Gasteiger partial charge in [-0.1, -0.05) is 6.92 Å². The highest BCUT2D eigenvalue weighted by Gasteiger charge is 2.16. The number of carboxylic acid groups (broad SMARTS) is 1. The minimum atomic E-state index is -1.10. The third-order valence-corrected chi connectivity index (χ3v) is 2.23. The molecule has 0 radical (unpaired) electrons. The van der Waals surface area contributed by atoms with Crippen molar-refractivity contribution >= 4 is 11.8 Å². The summed E-state index contributed by atoms with van der Waals surface area (Å²) < 4.78 is 4.97. The molecular formula is C12H14O4. The van der Waals surface area contributed by atoms with E-state index < -0.39 is 5.97 Å². The zero-order valence-electron chi connectivity index (χ0n) is 9.32. The van der Waals surface area contributed by atoms with Crippen LogP contribution in [0.1, 0.15) is 40.5 Å². The highest BCUT2D eigenvalue weighted by atomic mass is 16.5. The highest BCUT2D eigenvalue weighted by Crippen LogP contribution is 2.19. The molecule has 0 fully saturated rings. The number of carboxylic acids is 1. The van der Waals surface area contributed by atoms with Crippen LogP contribution in [-0.2, 0) is 0 Å². The lowest BCUT2D eigenvalue weighted by Gasteiger charge is -2.07. The van der Waals surface area contributed by atoms with Crippen LogP contribution in [-0.4, -0.2) is 24.0 Å². The maximum atomic E-state index is 11.7. The van der Waals surface area contributed by atoms with Gasteiger partial charge in [0.1, 0.15) is 5.75 Å². The molecule has 0 atom stereocenters. The Kier molecular flexibility index (Phi) is 4.05. The molecule has 0 saturated carbocycles. The van der Waals surface area contributed by atoms with E-state index in [9.17, 15) is 9.59 Å². The molecule has 0 aromatic heterocycles.